The van der Waals surface area contributed by atoms with Crippen molar-refractivity contribution in [3.63, 3.8) is 0 Å². The van der Waals surface area contributed by atoms with Gasteiger partial charge in [-0.05, 0) is 44.7 Å². The lowest BCUT2D eigenvalue weighted by atomic mass is 10.0. The van der Waals surface area contributed by atoms with E-state index in [2.05, 4.69) is 20.1 Å². The highest BCUT2D eigenvalue weighted by Gasteiger charge is 2.14. The second-order valence-corrected chi connectivity index (χ2v) is 6.70. The summed E-state index contributed by atoms with van der Waals surface area (Å²) in [6.07, 6.45) is 8.47. The van der Waals surface area contributed by atoms with Crippen molar-refractivity contribution < 1.29 is 4.21 Å². The number of hydrogen-bond acceptors (Lipinski definition) is 1. The van der Waals surface area contributed by atoms with Crippen molar-refractivity contribution in [2.75, 3.05) is 0 Å². The summed E-state index contributed by atoms with van der Waals surface area (Å²) in [7, 11) is -1.10. The highest BCUT2D eigenvalue weighted by molar-refractivity contribution is 7.89. The maximum absolute atomic E-state index is 12.9. The van der Waals surface area contributed by atoms with Crippen LogP contribution in [0.25, 0.3) is 0 Å². The molecule has 1 nitrogen and oxygen atoms in total. The van der Waals surface area contributed by atoms with E-state index in [9.17, 15) is 4.21 Å². The molecule has 114 valence electrons. The molecule has 0 aliphatic rings. The van der Waals surface area contributed by atoms with E-state index >= 15 is 0 Å². The van der Waals surface area contributed by atoms with Crippen molar-refractivity contribution in [3.8, 4) is 0 Å². The van der Waals surface area contributed by atoms with Crippen LogP contribution in [-0.2, 0) is 10.8 Å². The molecule has 0 spiro atoms. The van der Waals surface area contributed by atoms with E-state index < -0.39 is 10.8 Å². The number of benzene rings is 1. The Kier molecular flexibility index (Phi) is 7.99. The third-order valence-electron chi connectivity index (χ3n) is 3.41. The van der Waals surface area contributed by atoms with Crippen LogP contribution in [0.2, 0.25) is 0 Å². The summed E-state index contributed by atoms with van der Waals surface area (Å²) in [5.74, 6) is 0. The summed E-state index contributed by atoms with van der Waals surface area (Å²) in [6.45, 7) is 11.9. The van der Waals surface area contributed by atoms with Crippen molar-refractivity contribution >= 4 is 10.8 Å². The molecule has 0 heterocycles. The average Bonchev–Trinajstić information content (AvgIpc) is 2.49. The largest absolute Gasteiger partial charge is 0.249 e. The molecule has 0 saturated carbocycles. The Labute approximate surface area is 131 Å². The maximum atomic E-state index is 12.9. The van der Waals surface area contributed by atoms with Gasteiger partial charge in [-0.25, -0.2) is 4.21 Å². The van der Waals surface area contributed by atoms with Gasteiger partial charge in [-0.3, -0.25) is 0 Å². The monoisotopic (exact) mass is 302 g/mol. The second-order valence-electron chi connectivity index (χ2n) is 5.20. The number of unbranched alkanes of at least 4 members (excludes halogenated alkanes) is 1. The molecule has 21 heavy (non-hydrogen) atoms. The number of rotatable bonds is 9. The van der Waals surface area contributed by atoms with Crippen LogP contribution in [0.3, 0.4) is 0 Å². The molecule has 0 N–H and O–H groups in total. The second kappa shape index (κ2) is 9.51. The van der Waals surface area contributed by atoms with Crippen LogP contribution in [0.1, 0.15) is 44.6 Å². The summed E-state index contributed by atoms with van der Waals surface area (Å²) in [5.41, 5.74) is 2.44. The molecule has 0 bridgehead atoms. The SMILES string of the molecule is C=CC/C(CCCC)=C(\CC=C)S(=O)c1ccc(C)cc1. The zero-order valence-corrected chi connectivity index (χ0v) is 14.0. The van der Waals surface area contributed by atoms with Gasteiger partial charge in [0.2, 0.25) is 0 Å². The summed E-state index contributed by atoms with van der Waals surface area (Å²) < 4.78 is 12.9. The first-order chi connectivity index (χ1) is 10.1. The normalized spacial score (nSPS) is 13.4. The summed E-state index contributed by atoms with van der Waals surface area (Å²) in [5, 5.41) is 0. The molecule has 2 heteroatoms. The van der Waals surface area contributed by atoms with E-state index in [0.29, 0.717) is 6.42 Å². The quantitative estimate of drug-likeness (QED) is 0.535. The molecule has 1 aromatic carbocycles. The predicted molar refractivity (Wildman–Crippen MR) is 93.8 cm³/mol. The smallest absolute Gasteiger partial charge is 0.0811 e. The predicted octanol–water partition coefficient (Wildman–Crippen LogP) is 5.70. The number of aryl methyl sites for hydroxylation is 1. The van der Waals surface area contributed by atoms with Gasteiger partial charge in [0.05, 0.1) is 10.8 Å². The molecule has 1 unspecified atom stereocenters. The summed E-state index contributed by atoms with van der Waals surface area (Å²) in [6, 6.07) is 7.94. The van der Waals surface area contributed by atoms with E-state index in [1.165, 1.54) is 11.1 Å². The van der Waals surface area contributed by atoms with Gasteiger partial charge in [-0.1, -0.05) is 48.8 Å². The molecular formula is C19H26OS. The van der Waals surface area contributed by atoms with Gasteiger partial charge in [0.15, 0.2) is 0 Å². The van der Waals surface area contributed by atoms with Crippen LogP contribution >= 0.6 is 0 Å². The third kappa shape index (κ3) is 5.47. The highest BCUT2D eigenvalue weighted by atomic mass is 32.2. The number of hydrogen-bond donors (Lipinski definition) is 0. The molecule has 1 rings (SSSR count). The van der Waals surface area contributed by atoms with Crippen molar-refractivity contribution in [1.82, 2.24) is 0 Å². The Balaban J connectivity index is 3.16. The Morgan fingerprint density at radius 3 is 2.29 bits per heavy atom. The van der Waals surface area contributed by atoms with Crippen LogP contribution < -0.4 is 0 Å². The molecule has 0 aromatic heterocycles. The van der Waals surface area contributed by atoms with Crippen molar-refractivity contribution in [3.05, 3.63) is 65.6 Å². The minimum Gasteiger partial charge on any atom is -0.249 e. The fraction of sp³-hybridized carbons (Fsp3) is 0.368. The molecule has 0 aliphatic carbocycles. The minimum absolute atomic E-state index is 0.674. The fourth-order valence-corrected chi connectivity index (χ4v) is 3.59. The van der Waals surface area contributed by atoms with Gasteiger partial charge < -0.3 is 0 Å². The summed E-state index contributed by atoms with van der Waals surface area (Å²) in [4.78, 5) is 1.87. The van der Waals surface area contributed by atoms with Crippen LogP contribution in [0, 0.1) is 6.92 Å². The van der Waals surface area contributed by atoms with Gasteiger partial charge in [0.1, 0.15) is 0 Å². The molecule has 1 atom stereocenters. The van der Waals surface area contributed by atoms with Crippen molar-refractivity contribution in [2.24, 2.45) is 0 Å². The van der Waals surface area contributed by atoms with Crippen LogP contribution in [0.5, 0.6) is 0 Å². The van der Waals surface area contributed by atoms with E-state index in [-0.39, 0.29) is 0 Å². The Hall–Kier alpha value is -1.41. The lowest BCUT2D eigenvalue weighted by molar-refractivity contribution is 0.684. The highest BCUT2D eigenvalue weighted by Crippen LogP contribution is 2.26. The summed E-state index contributed by atoms with van der Waals surface area (Å²) >= 11 is 0. The van der Waals surface area contributed by atoms with E-state index in [0.717, 1.165) is 35.5 Å². The van der Waals surface area contributed by atoms with Gasteiger partial charge in [-0.15, -0.1) is 13.2 Å². The maximum Gasteiger partial charge on any atom is 0.0811 e. The topological polar surface area (TPSA) is 17.1 Å². The Bertz CT molecular complexity index is 523. The van der Waals surface area contributed by atoms with Crippen molar-refractivity contribution in [2.45, 2.75) is 50.8 Å². The van der Waals surface area contributed by atoms with Crippen molar-refractivity contribution in [1.29, 1.82) is 0 Å². The first-order valence-corrected chi connectivity index (χ1v) is 8.70. The fourth-order valence-electron chi connectivity index (χ4n) is 2.21. The lowest BCUT2D eigenvalue weighted by Crippen LogP contribution is -2.01. The van der Waals surface area contributed by atoms with Gasteiger partial charge in [0.25, 0.3) is 0 Å². The molecule has 0 amide bonds. The van der Waals surface area contributed by atoms with E-state index in [1.807, 2.05) is 43.3 Å². The van der Waals surface area contributed by atoms with Gasteiger partial charge in [-0.2, -0.15) is 0 Å². The molecule has 0 aliphatic heterocycles. The van der Waals surface area contributed by atoms with Gasteiger partial charge in [0, 0.05) is 9.80 Å². The zero-order valence-electron chi connectivity index (χ0n) is 13.2. The first-order valence-electron chi connectivity index (χ1n) is 7.55. The molecule has 0 fully saturated rings. The van der Waals surface area contributed by atoms with E-state index in [1.54, 1.807) is 0 Å². The average molecular weight is 302 g/mol. The Morgan fingerprint density at radius 2 is 1.76 bits per heavy atom. The first kappa shape index (κ1) is 17.6. The molecule has 0 radical (unpaired) electrons. The van der Waals surface area contributed by atoms with Crippen LogP contribution in [-0.4, -0.2) is 4.21 Å². The van der Waals surface area contributed by atoms with Crippen LogP contribution in [0.4, 0.5) is 0 Å². The van der Waals surface area contributed by atoms with E-state index in [4.69, 9.17) is 0 Å². The zero-order chi connectivity index (χ0) is 15.7. The standard InChI is InChI=1S/C19H26OS/c1-5-8-11-17(9-6-2)19(10-7-3)21(20)18-14-12-16(4)13-15-18/h6-7,12-15H,2-3,5,8-11H2,1,4H3/b19-17-. The minimum atomic E-state index is -1.10. The molecule has 1 aromatic rings. The number of allylic oxidation sites excluding steroid dienone is 4. The Morgan fingerprint density at radius 1 is 1.14 bits per heavy atom. The third-order valence-corrected chi connectivity index (χ3v) is 5.01. The lowest BCUT2D eigenvalue weighted by Gasteiger charge is -2.13. The van der Waals surface area contributed by atoms with Gasteiger partial charge >= 0.3 is 0 Å². The molecular weight excluding hydrogens is 276 g/mol. The van der Waals surface area contributed by atoms with Crippen LogP contribution in [0.15, 0.2) is 64.9 Å². The molecule has 0 saturated heterocycles.